The maximum atomic E-state index is 11.8. The Morgan fingerprint density at radius 1 is 1.40 bits per heavy atom. The van der Waals surface area contributed by atoms with Crippen LogP contribution in [0.25, 0.3) is 16.7 Å². The van der Waals surface area contributed by atoms with Gasteiger partial charge >= 0.3 is 0 Å². The minimum Gasteiger partial charge on any atom is -0.507 e. The number of hydrogen-bond acceptors (Lipinski definition) is 5. The fourth-order valence-corrected chi connectivity index (χ4v) is 2.08. The molecule has 2 heterocycles. The Labute approximate surface area is 113 Å². The van der Waals surface area contributed by atoms with Crippen molar-refractivity contribution in [1.29, 1.82) is 0 Å². The van der Waals surface area contributed by atoms with Gasteiger partial charge in [0.1, 0.15) is 5.76 Å². The molecule has 0 saturated carbocycles. The average molecular weight is 269 g/mol. The van der Waals surface area contributed by atoms with E-state index >= 15 is 0 Å². The molecule has 0 unspecified atom stereocenters. The predicted molar refractivity (Wildman–Crippen MR) is 72.0 cm³/mol. The Morgan fingerprint density at radius 2 is 2.20 bits per heavy atom. The molecule has 7 nitrogen and oxygen atoms in total. The van der Waals surface area contributed by atoms with Crippen LogP contribution in [0.4, 0.5) is 0 Å². The molecule has 0 aliphatic heterocycles. The number of tetrazole rings is 1. The molecule has 0 aliphatic rings. The van der Waals surface area contributed by atoms with Crippen molar-refractivity contribution in [3.63, 3.8) is 0 Å². The second-order valence-corrected chi connectivity index (χ2v) is 4.30. The molecule has 0 radical (unpaired) electrons. The molecule has 3 rings (SSSR count). The first-order valence-corrected chi connectivity index (χ1v) is 5.89. The van der Waals surface area contributed by atoms with Gasteiger partial charge in [-0.2, -0.15) is 5.21 Å². The number of aryl methyl sites for hydroxylation is 1. The number of para-hydroxylation sites is 1. The largest absolute Gasteiger partial charge is 0.507 e. The number of carbonyl (C=O) groups is 1. The Balaban J connectivity index is 2.05. The highest BCUT2D eigenvalue weighted by Gasteiger charge is 2.13. The van der Waals surface area contributed by atoms with E-state index in [2.05, 4.69) is 20.6 Å². The van der Waals surface area contributed by atoms with Gasteiger partial charge in [-0.05, 0) is 11.3 Å². The first kappa shape index (κ1) is 12.1. The summed E-state index contributed by atoms with van der Waals surface area (Å²) in [7, 11) is 1.88. The van der Waals surface area contributed by atoms with E-state index in [9.17, 15) is 9.90 Å². The van der Waals surface area contributed by atoms with Gasteiger partial charge in [0.05, 0.1) is 0 Å². The molecular weight excluding hydrogens is 258 g/mol. The van der Waals surface area contributed by atoms with Crippen molar-refractivity contribution >= 4 is 22.4 Å². The molecule has 1 aromatic carbocycles. The summed E-state index contributed by atoms with van der Waals surface area (Å²) in [6.07, 6.45) is 2.85. The lowest BCUT2D eigenvalue weighted by molar-refractivity contribution is 0.103. The van der Waals surface area contributed by atoms with Gasteiger partial charge in [0.2, 0.25) is 11.6 Å². The molecule has 20 heavy (non-hydrogen) atoms. The number of aromatic amines is 1. The molecule has 0 bridgehead atoms. The van der Waals surface area contributed by atoms with E-state index in [-0.39, 0.29) is 11.6 Å². The molecule has 0 amide bonds. The fourth-order valence-electron chi connectivity index (χ4n) is 2.08. The van der Waals surface area contributed by atoms with Crippen molar-refractivity contribution < 1.29 is 9.90 Å². The standard InChI is InChI=1S/C13H11N5O2/c1-18-7-9(8-4-2-3-5-10(8)18)11(19)6-12(20)13-14-16-17-15-13/h2-7,19H,1H3,(H,14,15,16,17)/b11-6-. The van der Waals surface area contributed by atoms with Gasteiger partial charge in [-0.25, -0.2) is 0 Å². The number of H-pyrrole nitrogens is 1. The maximum Gasteiger partial charge on any atom is 0.244 e. The summed E-state index contributed by atoms with van der Waals surface area (Å²) in [5, 5.41) is 23.6. The summed E-state index contributed by atoms with van der Waals surface area (Å²) < 4.78 is 1.88. The van der Waals surface area contributed by atoms with E-state index in [1.165, 1.54) is 0 Å². The zero-order valence-corrected chi connectivity index (χ0v) is 10.6. The number of nitrogens with one attached hydrogen (secondary N) is 1. The SMILES string of the molecule is Cn1cc(/C(O)=C/C(=O)c2nn[nH]n2)c2ccccc21. The summed E-state index contributed by atoms with van der Waals surface area (Å²) in [5.41, 5.74) is 1.55. The Kier molecular flexibility index (Phi) is 2.79. The summed E-state index contributed by atoms with van der Waals surface area (Å²) in [5.74, 6) is -0.724. The van der Waals surface area contributed by atoms with Gasteiger partial charge in [-0.1, -0.05) is 18.2 Å². The van der Waals surface area contributed by atoms with Crippen LogP contribution in [0.1, 0.15) is 16.2 Å². The van der Waals surface area contributed by atoms with Gasteiger partial charge < -0.3 is 9.67 Å². The number of fused-ring (bicyclic) bond motifs is 1. The van der Waals surface area contributed by atoms with E-state index in [1.807, 2.05) is 35.9 Å². The topological polar surface area (TPSA) is 96.7 Å². The summed E-state index contributed by atoms with van der Waals surface area (Å²) in [4.78, 5) is 11.8. The third-order valence-corrected chi connectivity index (χ3v) is 3.01. The third kappa shape index (κ3) is 1.95. The molecule has 0 fully saturated rings. The van der Waals surface area contributed by atoms with E-state index in [4.69, 9.17) is 0 Å². The molecule has 0 spiro atoms. The highest BCUT2D eigenvalue weighted by atomic mass is 16.3. The number of aliphatic hydroxyl groups is 1. The monoisotopic (exact) mass is 269 g/mol. The number of benzene rings is 1. The van der Waals surface area contributed by atoms with Gasteiger partial charge in [-0.3, -0.25) is 4.79 Å². The first-order chi connectivity index (χ1) is 9.66. The van der Waals surface area contributed by atoms with Crippen molar-refractivity contribution in [2.24, 2.45) is 7.05 Å². The minimum atomic E-state index is -0.510. The van der Waals surface area contributed by atoms with Crippen LogP contribution in [0.5, 0.6) is 0 Å². The van der Waals surface area contributed by atoms with Crippen LogP contribution >= 0.6 is 0 Å². The van der Waals surface area contributed by atoms with Crippen LogP contribution in [0.2, 0.25) is 0 Å². The molecule has 100 valence electrons. The second-order valence-electron chi connectivity index (χ2n) is 4.30. The van der Waals surface area contributed by atoms with Gasteiger partial charge in [-0.15, -0.1) is 10.2 Å². The molecular formula is C13H11N5O2. The number of aromatic nitrogens is 5. The summed E-state index contributed by atoms with van der Waals surface area (Å²) in [6, 6.07) is 7.61. The van der Waals surface area contributed by atoms with Crippen LogP contribution in [-0.4, -0.2) is 36.1 Å². The van der Waals surface area contributed by atoms with E-state index in [0.29, 0.717) is 5.56 Å². The zero-order chi connectivity index (χ0) is 14.1. The number of ketones is 1. The third-order valence-electron chi connectivity index (χ3n) is 3.01. The van der Waals surface area contributed by atoms with Crippen LogP contribution < -0.4 is 0 Å². The van der Waals surface area contributed by atoms with Crippen molar-refractivity contribution in [3.8, 4) is 0 Å². The van der Waals surface area contributed by atoms with Crippen molar-refractivity contribution in [1.82, 2.24) is 25.2 Å². The highest BCUT2D eigenvalue weighted by molar-refractivity contribution is 6.06. The highest BCUT2D eigenvalue weighted by Crippen LogP contribution is 2.25. The predicted octanol–water partition coefficient (Wildman–Crippen LogP) is 1.47. The van der Waals surface area contributed by atoms with E-state index in [1.54, 1.807) is 6.20 Å². The second kappa shape index (κ2) is 4.61. The van der Waals surface area contributed by atoms with E-state index < -0.39 is 5.78 Å². The van der Waals surface area contributed by atoms with Gasteiger partial charge in [0.25, 0.3) is 0 Å². The number of hydrogen-bond donors (Lipinski definition) is 2. The van der Waals surface area contributed by atoms with Gasteiger partial charge in [0.15, 0.2) is 0 Å². The van der Waals surface area contributed by atoms with Crippen LogP contribution in [0.15, 0.2) is 36.5 Å². The average Bonchev–Trinajstić information content (AvgIpc) is 3.07. The minimum absolute atomic E-state index is 0.0863. The quantitative estimate of drug-likeness (QED) is 0.426. The van der Waals surface area contributed by atoms with Crippen molar-refractivity contribution in [2.75, 3.05) is 0 Å². The van der Waals surface area contributed by atoms with Crippen LogP contribution in [0.3, 0.4) is 0 Å². The molecule has 2 aromatic heterocycles. The molecule has 7 heteroatoms. The van der Waals surface area contributed by atoms with Crippen molar-refractivity contribution in [3.05, 3.63) is 47.9 Å². The normalized spacial score (nSPS) is 11.9. The Morgan fingerprint density at radius 3 is 2.95 bits per heavy atom. The first-order valence-electron chi connectivity index (χ1n) is 5.89. The molecule has 0 saturated heterocycles. The number of carbonyl (C=O) groups excluding carboxylic acids is 1. The zero-order valence-electron chi connectivity index (χ0n) is 10.6. The number of allylic oxidation sites excluding steroid dienone is 1. The number of aliphatic hydroxyl groups excluding tert-OH is 1. The van der Waals surface area contributed by atoms with Gasteiger partial charge in [0, 0.05) is 35.8 Å². The molecule has 0 aliphatic carbocycles. The lowest BCUT2D eigenvalue weighted by Gasteiger charge is -1.97. The Hall–Kier alpha value is -2.96. The fraction of sp³-hybridized carbons (Fsp3) is 0.0769. The number of rotatable bonds is 3. The summed E-state index contributed by atoms with van der Waals surface area (Å²) in [6.45, 7) is 0. The maximum absolute atomic E-state index is 11.8. The Bertz CT molecular complexity index is 801. The smallest absolute Gasteiger partial charge is 0.244 e. The summed E-state index contributed by atoms with van der Waals surface area (Å²) >= 11 is 0. The number of nitrogens with zero attached hydrogens (tertiary/aromatic N) is 4. The lowest BCUT2D eigenvalue weighted by atomic mass is 10.1. The van der Waals surface area contributed by atoms with Crippen molar-refractivity contribution in [2.45, 2.75) is 0 Å². The molecule has 2 N–H and O–H groups in total. The molecule has 0 atom stereocenters. The van der Waals surface area contributed by atoms with Crippen LogP contribution in [0, 0.1) is 0 Å². The van der Waals surface area contributed by atoms with Crippen LogP contribution in [-0.2, 0) is 7.05 Å². The molecule has 3 aromatic rings. The lowest BCUT2D eigenvalue weighted by Crippen LogP contribution is -1.99. The van der Waals surface area contributed by atoms with E-state index in [0.717, 1.165) is 17.0 Å².